The van der Waals surface area contributed by atoms with Crippen LogP contribution in [-0.4, -0.2) is 12.1 Å². The van der Waals surface area contributed by atoms with Crippen LogP contribution in [0.25, 0.3) is 0 Å². The van der Waals surface area contributed by atoms with Crippen molar-refractivity contribution in [3.8, 4) is 0 Å². The van der Waals surface area contributed by atoms with E-state index in [9.17, 15) is 0 Å². The molecule has 8 unspecified atom stereocenters. The van der Waals surface area contributed by atoms with Crippen molar-refractivity contribution in [1.82, 2.24) is 5.32 Å². The molecule has 0 aromatic carbocycles. The van der Waals surface area contributed by atoms with Crippen LogP contribution in [0.4, 0.5) is 0 Å². The summed E-state index contributed by atoms with van der Waals surface area (Å²) in [6, 6.07) is 1.72. The first kappa shape index (κ1) is 12.7. The van der Waals surface area contributed by atoms with Crippen LogP contribution in [0, 0.1) is 35.5 Å². The Labute approximate surface area is 118 Å². The number of hydrogen-bond acceptors (Lipinski definition) is 1. The van der Waals surface area contributed by atoms with Gasteiger partial charge in [0.05, 0.1) is 0 Å². The predicted molar refractivity (Wildman–Crippen MR) is 79.9 cm³/mol. The number of hydrogen-bond donors (Lipinski definition) is 1. The first-order chi connectivity index (χ1) is 9.24. The second-order valence-corrected chi connectivity index (χ2v) is 8.30. The van der Waals surface area contributed by atoms with Gasteiger partial charge in [-0.1, -0.05) is 33.1 Å². The third-order valence-electron chi connectivity index (χ3n) is 7.56. The molecule has 2 bridgehead atoms. The summed E-state index contributed by atoms with van der Waals surface area (Å²) in [7, 11) is 0. The molecule has 1 heteroatoms. The topological polar surface area (TPSA) is 12.0 Å². The van der Waals surface area contributed by atoms with Gasteiger partial charge >= 0.3 is 0 Å². The van der Waals surface area contributed by atoms with Crippen molar-refractivity contribution in [2.45, 2.75) is 77.3 Å². The van der Waals surface area contributed by atoms with Crippen LogP contribution in [0.2, 0.25) is 0 Å². The second-order valence-electron chi connectivity index (χ2n) is 8.30. The van der Waals surface area contributed by atoms with Crippen molar-refractivity contribution in [3.63, 3.8) is 0 Å². The SMILES string of the molecule is CC1CCCC(NC2CC3CC2C2CCCC32)C1C. The van der Waals surface area contributed by atoms with E-state index in [1.165, 1.54) is 32.1 Å². The highest BCUT2D eigenvalue weighted by Crippen LogP contribution is 2.58. The van der Waals surface area contributed by atoms with Crippen LogP contribution in [0.3, 0.4) is 0 Å². The lowest BCUT2D eigenvalue weighted by molar-refractivity contribution is 0.147. The molecule has 0 spiro atoms. The van der Waals surface area contributed by atoms with Crippen LogP contribution < -0.4 is 5.32 Å². The van der Waals surface area contributed by atoms with Gasteiger partial charge in [0.1, 0.15) is 0 Å². The van der Waals surface area contributed by atoms with Crippen molar-refractivity contribution >= 4 is 0 Å². The zero-order chi connectivity index (χ0) is 13.0. The molecule has 4 saturated carbocycles. The molecule has 1 N–H and O–H groups in total. The minimum atomic E-state index is 0.827. The molecule has 0 aromatic heterocycles. The lowest BCUT2D eigenvalue weighted by atomic mass is 9.75. The quantitative estimate of drug-likeness (QED) is 0.784. The van der Waals surface area contributed by atoms with Crippen molar-refractivity contribution < 1.29 is 0 Å². The molecular weight excluding hydrogens is 230 g/mol. The molecule has 0 saturated heterocycles. The van der Waals surface area contributed by atoms with E-state index in [1.807, 2.05) is 0 Å². The summed E-state index contributed by atoms with van der Waals surface area (Å²) in [6.07, 6.45) is 12.1. The highest BCUT2D eigenvalue weighted by Gasteiger charge is 2.54. The van der Waals surface area contributed by atoms with Crippen LogP contribution in [0.1, 0.15) is 65.2 Å². The Hall–Kier alpha value is -0.0400. The van der Waals surface area contributed by atoms with Gasteiger partial charge in [-0.3, -0.25) is 0 Å². The highest BCUT2D eigenvalue weighted by atomic mass is 15.0. The maximum absolute atomic E-state index is 4.14. The minimum Gasteiger partial charge on any atom is -0.311 e. The Balaban J connectivity index is 1.42. The Morgan fingerprint density at radius 2 is 1.53 bits per heavy atom. The summed E-state index contributed by atoms with van der Waals surface area (Å²) in [6.45, 7) is 4.96. The third kappa shape index (κ3) is 1.99. The van der Waals surface area contributed by atoms with Gasteiger partial charge < -0.3 is 5.32 Å². The molecule has 1 nitrogen and oxygen atoms in total. The maximum Gasteiger partial charge on any atom is 0.0104 e. The van der Waals surface area contributed by atoms with E-state index in [0.717, 1.165) is 47.6 Å². The Morgan fingerprint density at radius 3 is 2.42 bits per heavy atom. The Kier molecular flexibility index (Phi) is 3.17. The van der Waals surface area contributed by atoms with Crippen molar-refractivity contribution in [2.75, 3.05) is 0 Å². The van der Waals surface area contributed by atoms with E-state index < -0.39 is 0 Å². The van der Waals surface area contributed by atoms with E-state index >= 15 is 0 Å². The molecular formula is C18H31N. The van der Waals surface area contributed by atoms with Crippen LogP contribution in [0.5, 0.6) is 0 Å². The average molecular weight is 261 g/mol. The maximum atomic E-state index is 4.14. The molecule has 0 amide bonds. The van der Waals surface area contributed by atoms with Crippen LogP contribution in [-0.2, 0) is 0 Å². The van der Waals surface area contributed by atoms with Gasteiger partial charge in [-0.2, -0.15) is 0 Å². The van der Waals surface area contributed by atoms with Crippen LogP contribution >= 0.6 is 0 Å². The first-order valence-corrected chi connectivity index (χ1v) is 9.00. The molecule has 108 valence electrons. The molecule has 4 aliphatic carbocycles. The van der Waals surface area contributed by atoms with Gasteiger partial charge in [0, 0.05) is 12.1 Å². The highest BCUT2D eigenvalue weighted by molar-refractivity contribution is 5.06. The summed E-state index contributed by atoms with van der Waals surface area (Å²) >= 11 is 0. The van der Waals surface area contributed by atoms with Crippen molar-refractivity contribution in [1.29, 1.82) is 0 Å². The minimum absolute atomic E-state index is 0.827. The Morgan fingerprint density at radius 1 is 0.737 bits per heavy atom. The van der Waals surface area contributed by atoms with Gasteiger partial charge in [0.2, 0.25) is 0 Å². The van der Waals surface area contributed by atoms with E-state index in [2.05, 4.69) is 19.2 Å². The largest absolute Gasteiger partial charge is 0.311 e. The van der Waals surface area contributed by atoms with Crippen LogP contribution in [0.15, 0.2) is 0 Å². The van der Waals surface area contributed by atoms with Gasteiger partial charge in [-0.05, 0) is 67.6 Å². The standard InChI is InChI=1S/C18H31N/c1-11-5-3-8-17(12(11)2)19-18-10-13-9-16(18)15-7-4-6-14(13)15/h11-19H,3-10H2,1-2H3. The lowest BCUT2D eigenvalue weighted by Crippen LogP contribution is -2.49. The van der Waals surface area contributed by atoms with Crippen molar-refractivity contribution in [3.05, 3.63) is 0 Å². The molecule has 0 aliphatic heterocycles. The molecule has 0 heterocycles. The van der Waals surface area contributed by atoms with Crippen molar-refractivity contribution in [2.24, 2.45) is 35.5 Å². The fraction of sp³-hybridized carbons (Fsp3) is 1.00. The summed E-state index contributed by atoms with van der Waals surface area (Å²) in [5, 5.41) is 4.14. The molecule has 4 aliphatic rings. The molecule has 19 heavy (non-hydrogen) atoms. The molecule has 4 fully saturated rings. The molecule has 0 radical (unpaired) electrons. The first-order valence-electron chi connectivity index (χ1n) is 9.00. The van der Waals surface area contributed by atoms with E-state index in [-0.39, 0.29) is 0 Å². The Bertz CT molecular complexity index is 339. The summed E-state index contributed by atoms with van der Waals surface area (Å²) in [5.74, 6) is 6.25. The number of nitrogens with one attached hydrogen (secondary N) is 1. The zero-order valence-corrected chi connectivity index (χ0v) is 12.8. The second kappa shape index (κ2) is 4.76. The van der Waals surface area contributed by atoms with Gasteiger partial charge in [-0.15, -0.1) is 0 Å². The van der Waals surface area contributed by atoms with Gasteiger partial charge in [0.15, 0.2) is 0 Å². The monoisotopic (exact) mass is 261 g/mol. The van der Waals surface area contributed by atoms with E-state index in [0.29, 0.717) is 0 Å². The predicted octanol–water partition coefficient (Wildman–Crippen LogP) is 4.23. The summed E-state index contributed by atoms with van der Waals surface area (Å²) < 4.78 is 0. The number of rotatable bonds is 2. The van der Waals surface area contributed by atoms with E-state index in [1.54, 1.807) is 19.3 Å². The zero-order valence-electron chi connectivity index (χ0n) is 12.8. The van der Waals surface area contributed by atoms with E-state index in [4.69, 9.17) is 0 Å². The molecule has 8 atom stereocenters. The normalized spacial score (nSPS) is 56.5. The summed E-state index contributed by atoms with van der Waals surface area (Å²) in [5.41, 5.74) is 0. The smallest absolute Gasteiger partial charge is 0.0104 e. The number of fused-ring (bicyclic) bond motifs is 5. The fourth-order valence-electron chi connectivity index (χ4n) is 6.35. The third-order valence-corrected chi connectivity index (χ3v) is 7.56. The molecule has 0 aromatic rings. The average Bonchev–Trinajstić information content (AvgIpc) is 3.06. The van der Waals surface area contributed by atoms with Gasteiger partial charge in [0.25, 0.3) is 0 Å². The van der Waals surface area contributed by atoms with Gasteiger partial charge in [-0.25, -0.2) is 0 Å². The lowest BCUT2D eigenvalue weighted by Gasteiger charge is -2.40. The fourth-order valence-corrected chi connectivity index (χ4v) is 6.35. The summed E-state index contributed by atoms with van der Waals surface area (Å²) in [4.78, 5) is 0. The molecule has 4 rings (SSSR count).